The third-order valence-corrected chi connectivity index (χ3v) is 6.24. The van der Waals surface area contributed by atoms with Gasteiger partial charge in [-0.25, -0.2) is 4.98 Å². The highest BCUT2D eigenvalue weighted by Gasteiger charge is 2.31. The van der Waals surface area contributed by atoms with E-state index in [-0.39, 0.29) is 6.10 Å². The summed E-state index contributed by atoms with van der Waals surface area (Å²) in [5.41, 5.74) is 5.31. The molecule has 1 aliphatic rings. The van der Waals surface area contributed by atoms with Gasteiger partial charge in [-0.05, 0) is 66.9 Å². The standard InChI is InChI=1S/C29H30N2O3/c1-20(2)34-25-12-8-23(9-13-25)28-30-26-14-7-22(19-27(26)31-28)4-3-21-5-10-24(11-6-21)29(32)15-17-33-18-16-29/h3-14,19-20,32H,15-18H2,1-2H3,(H,30,31)/b4-3-. The van der Waals surface area contributed by atoms with Crippen LogP contribution in [0.25, 0.3) is 34.6 Å². The number of benzene rings is 3. The molecule has 4 aromatic rings. The van der Waals surface area contributed by atoms with Crippen LogP contribution >= 0.6 is 0 Å². The van der Waals surface area contributed by atoms with Gasteiger partial charge in [-0.1, -0.05) is 42.5 Å². The number of aromatic amines is 1. The summed E-state index contributed by atoms with van der Waals surface area (Å²) in [6, 6.07) is 22.4. The molecule has 0 bridgehead atoms. The van der Waals surface area contributed by atoms with E-state index in [2.05, 4.69) is 47.5 Å². The fraction of sp³-hybridized carbons (Fsp3) is 0.276. The van der Waals surface area contributed by atoms with Crippen LogP contribution in [0.5, 0.6) is 5.75 Å². The molecule has 1 fully saturated rings. The lowest BCUT2D eigenvalue weighted by molar-refractivity contribution is -0.0679. The molecule has 5 nitrogen and oxygen atoms in total. The fourth-order valence-electron chi connectivity index (χ4n) is 4.32. The van der Waals surface area contributed by atoms with E-state index in [1.165, 1.54) is 0 Å². The van der Waals surface area contributed by atoms with E-state index in [1.54, 1.807) is 0 Å². The lowest BCUT2D eigenvalue weighted by atomic mass is 9.86. The summed E-state index contributed by atoms with van der Waals surface area (Å²) >= 11 is 0. The van der Waals surface area contributed by atoms with Crippen molar-refractivity contribution in [2.75, 3.05) is 13.2 Å². The summed E-state index contributed by atoms with van der Waals surface area (Å²) in [7, 11) is 0. The van der Waals surface area contributed by atoms with Crippen molar-refractivity contribution in [1.29, 1.82) is 0 Å². The molecule has 0 amide bonds. The molecular weight excluding hydrogens is 424 g/mol. The fourth-order valence-corrected chi connectivity index (χ4v) is 4.32. The zero-order valence-electron chi connectivity index (χ0n) is 19.6. The lowest BCUT2D eigenvalue weighted by Gasteiger charge is -2.32. The minimum Gasteiger partial charge on any atom is -0.491 e. The van der Waals surface area contributed by atoms with Crippen molar-refractivity contribution in [3.05, 3.63) is 83.4 Å². The average Bonchev–Trinajstić information content (AvgIpc) is 3.27. The van der Waals surface area contributed by atoms with Gasteiger partial charge in [0.2, 0.25) is 0 Å². The first kappa shape index (κ1) is 22.4. The Kier molecular flexibility index (Phi) is 6.22. The van der Waals surface area contributed by atoms with E-state index in [9.17, 15) is 5.11 Å². The molecule has 5 heteroatoms. The molecule has 2 N–H and O–H groups in total. The number of imidazole rings is 1. The van der Waals surface area contributed by atoms with Gasteiger partial charge in [-0.2, -0.15) is 0 Å². The Hall–Kier alpha value is -3.41. The number of nitrogens with one attached hydrogen (secondary N) is 1. The Bertz CT molecular complexity index is 1280. The number of ether oxygens (including phenoxy) is 2. The van der Waals surface area contributed by atoms with Gasteiger partial charge in [-0.3, -0.25) is 0 Å². The molecule has 1 saturated heterocycles. The summed E-state index contributed by atoms with van der Waals surface area (Å²) in [5, 5.41) is 10.9. The van der Waals surface area contributed by atoms with Gasteiger partial charge in [0, 0.05) is 31.6 Å². The van der Waals surface area contributed by atoms with E-state index in [0.717, 1.165) is 44.9 Å². The number of H-pyrrole nitrogens is 1. The number of nitrogens with zero attached hydrogens (tertiary/aromatic N) is 1. The number of fused-ring (bicyclic) bond motifs is 1. The van der Waals surface area contributed by atoms with E-state index in [1.807, 2.05) is 50.2 Å². The largest absolute Gasteiger partial charge is 0.491 e. The van der Waals surface area contributed by atoms with Crippen LogP contribution in [-0.4, -0.2) is 34.4 Å². The van der Waals surface area contributed by atoms with Crippen LogP contribution in [-0.2, 0) is 10.3 Å². The van der Waals surface area contributed by atoms with Crippen molar-refractivity contribution >= 4 is 23.2 Å². The number of rotatable bonds is 6. The highest BCUT2D eigenvalue weighted by Crippen LogP contribution is 2.32. The third kappa shape index (κ3) is 4.91. The van der Waals surface area contributed by atoms with Gasteiger partial charge in [0.15, 0.2) is 0 Å². The molecule has 0 aliphatic carbocycles. The Morgan fingerprint density at radius 3 is 2.32 bits per heavy atom. The van der Waals surface area contributed by atoms with Crippen LogP contribution in [0.2, 0.25) is 0 Å². The maximum Gasteiger partial charge on any atom is 0.138 e. The Labute approximate surface area is 200 Å². The van der Waals surface area contributed by atoms with Crippen LogP contribution in [0.15, 0.2) is 66.7 Å². The molecule has 0 atom stereocenters. The van der Waals surface area contributed by atoms with Gasteiger partial charge in [0.1, 0.15) is 11.6 Å². The monoisotopic (exact) mass is 454 g/mol. The summed E-state index contributed by atoms with van der Waals surface area (Å²) < 4.78 is 11.1. The molecule has 2 heterocycles. The molecule has 0 radical (unpaired) electrons. The summed E-state index contributed by atoms with van der Waals surface area (Å²) in [6.45, 7) is 5.25. The van der Waals surface area contributed by atoms with Crippen LogP contribution in [0.4, 0.5) is 0 Å². The second kappa shape index (κ2) is 9.45. The average molecular weight is 455 g/mol. The SMILES string of the molecule is CC(C)Oc1ccc(-c2nc3cc(/C=C\c4ccc(C5(O)CCOCC5)cc4)ccc3[nH]2)cc1. The predicted molar refractivity (Wildman–Crippen MR) is 137 cm³/mol. The zero-order chi connectivity index (χ0) is 23.5. The summed E-state index contributed by atoms with van der Waals surface area (Å²) in [6.07, 6.45) is 5.61. The van der Waals surface area contributed by atoms with E-state index < -0.39 is 5.60 Å². The van der Waals surface area contributed by atoms with Gasteiger partial charge >= 0.3 is 0 Å². The quantitative estimate of drug-likeness (QED) is 0.341. The maximum absolute atomic E-state index is 10.9. The van der Waals surface area contributed by atoms with Gasteiger partial charge < -0.3 is 19.6 Å². The number of hydrogen-bond donors (Lipinski definition) is 2. The van der Waals surface area contributed by atoms with Gasteiger partial charge in [-0.15, -0.1) is 0 Å². The first-order valence-electron chi connectivity index (χ1n) is 11.8. The van der Waals surface area contributed by atoms with Gasteiger partial charge in [0.25, 0.3) is 0 Å². The zero-order valence-corrected chi connectivity index (χ0v) is 19.6. The molecule has 0 saturated carbocycles. The summed E-state index contributed by atoms with van der Waals surface area (Å²) in [5.74, 6) is 1.70. The molecule has 0 unspecified atom stereocenters. The highest BCUT2D eigenvalue weighted by atomic mass is 16.5. The van der Waals surface area contributed by atoms with Crippen molar-refractivity contribution in [1.82, 2.24) is 9.97 Å². The minimum absolute atomic E-state index is 0.153. The second-order valence-corrected chi connectivity index (χ2v) is 9.15. The Morgan fingerprint density at radius 2 is 1.62 bits per heavy atom. The smallest absolute Gasteiger partial charge is 0.138 e. The minimum atomic E-state index is -0.773. The second-order valence-electron chi connectivity index (χ2n) is 9.15. The van der Waals surface area contributed by atoms with Crippen LogP contribution < -0.4 is 4.74 Å². The van der Waals surface area contributed by atoms with Crippen molar-refractivity contribution in [3.8, 4) is 17.1 Å². The van der Waals surface area contributed by atoms with E-state index in [0.29, 0.717) is 26.1 Å². The first-order chi connectivity index (χ1) is 16.5. The molecular formula is C29H30N2O3. The van der Waals surface area contributed by atoms with Crippen molar-refractivity contribution < 1.29 is 14.6 Å². The Balaban J connectivity index is 1.31. The molecule has 0 spiro atoms. The van der Waals surface area contributed by atoms with Crippen molar-refractivity contribution in [2.45, 2.75) is 38.4 Å². The molecule has 3 aromatic carbocycles. The lowest BCUT2D eigenvalue weighted by Crippen LogP contribution is -2.33. The molecule has 34 heavy (non-hydrogen) atoms. The number of hydrogen-bond acceptors (Lipinski definition) is 4. The molecule has 174 valence electrons. The molecule has 1 aliphatic heterocycles. The molecule has 5 rings (SSSR count). The normalized spacial score (nSPS) is 15.9. The van der Waals surface area contributed by atoms with Crippen LogP contribution in [0.1, 0.15) is 43.4 Å². The van der Waals surface area contributed by atoms with Gasteiger partial charge in [0.05, 0.1) is 22.7 Å². The first-order valence-corrected chi connectivity index (χ1v) is 11.8. The number of aliphatic hydroxyl groups is 1. The molecule has 1 aromatic heterocycles. The van der Waals surface area contributed by atoms with Crippen LogP contribution in [0, 0.1) is 0 Å². The predicted octanol–water partition coefficient (Wildman–Crippen LogP) is 6.19. The maximum atomic E-state index is 10.9. The number of aromatic nitrogens is 2. The topological polar surface area (TPSA) is 67.4 Å². The van der Waals surface area contributed by atoms with Crippen molar-refractivity contribution in [2.24, 2.45) is 0 Å². The highest BCUT2D eigenvalue weighted by molar-refractivity contribution is 5.83. The van der Waals surface area contributed by atoms with E-state index >= 15 is 0 Å². The third-order valence-electron chi connectivity index (χ3n) is 6.24. The van der Waals surface area contributed by atoms with Crippen molar-refractivity contribution in [3.63, 3.8) is 0 Å². The Morgan fingerprint density at radius 1 is 0.941 bits per heavy atom. The van der Waals surface area contributed by atoms with Crippen LogP contribution in [0.3, 0.4) is 0 Å². The van der Waals surface area contributed by atoms with E-state index in [4.69, 9.17) is 14.5 Å². The summed E-state index contributed by atoms with van der Waals surface area (Å²) in [4.78, 5) is 8.20.